The summed E-state index contributed by atoms with van der Waals surface area (Å²) in [5.41, 5.74) is 1.03. The van der Waals surface area contributed by atoms with Crippen LogP contribution in [0.25, 0.3) is 0 Å². The fraction of sp³-hybridized carbons (Fsp3) is 0.727. The average Bonchev–Trinajstić information content (AvgIpc) is 2.71. The lowest BCUT2D eigenvalue weighted by molar-refractivity contribution is 0.563. The van der Waals surface area contributed by atoms with Crippen LogP contribution in [0.15, 0.2) is 12.3 Å². The van der Waals surface area contributed by atoms with Gasteiger partial charge in [0.15, 0.2) is 9.84 Å². The summed E-state index contributed by atoms with van der Waals surface area (Å²) in [5, 5.41) is 7.35. The monoisotopic (exact) mass is 259 g/mol. The predicted octanol–water partition coefficient (Wildman–Crippen LogP) is 0.817. The smallest absolute Gasteiger partial charge is 0.152 e. The molecule has 1 N–H and O–H groups in total. The molecule has 0 aliphatic carbocycles. The number of hydrogen-bond acceptors (Lipinski definition) is 4. The highest BCUT2D eigenvalue weighted by molar-refractivity contribution is 7.91. The maximum atomic E-state index is 11.6. The molecule has 0 saturated carbocycles. The first-order valence-corrected chi connectivity index (χ1v) is 7.83. The van der Waals surface area contributed by atoms with Crippen molar-refractivity contribution < 1.29 is 8.42 Å². The van der Waals surface area contributed by atoms with Gasteiger partial charge in [-0.3, -0.25) is 4.68 Å². The van der Waals surface area contributed by atoms with Crippen LogP contribution in [-0.2, 0) is 22.9 Å². The Bertz CT molecular complexity index is 426. The van der Waals surface area contributed by atoms with Crippen LogP contribution in [0.3, 0.4) is 0 Å². The summed E-state index contributed by atoms with van der Waals surface area (Å²) >= 11 is 0. The van der Waals surface area contributed by atoms with Crippen LogP contribution in [0.5, 0.6) is 0 Å². The largest absolute Gasteiger partial charge is 0.311 e. The molecule has 6 heteroatoms. The van der Waals surface area contributed by atoms with E-state index in [4.69, 9.17) is 0 Å². The van der Waals surface area contributed by atoms with Crippen LogP contribution in [0.2, 0.25) is 0 Å². The molecule has 0 aliphatic rings. The van der Waals surface area contributed by atoms with Gasteiger partial charge in [0.1, 0.15) is 0 Å². The minimum atomic E-state index is -2.93. The van der Waals surface area contributed by atoms with E-state index in [9.17, 15) is 8.42 Å². The van der Waals surface area contributed by atoms with E-state index < -0.39 is 9.84 Å². The third kappa shape index (κ3) is 4.87. The number of hydrogen-bond donors (Lipinski definition) is 1. The quantitative estimate of drug-likeness (QED) is 0.750. The first-order valence-electron chi connectivity index (χ1n) is 6.01. The summed E-state index contributed by atoms with van der Waals surface area (Å²) in [6.07, 6.45) is 2.38. The minimum Gasteiger partial charge on any atom is -0.311 e. The van der Waals surface area contributed by atoms with Gasteiger partial charge >= 0.3 is 0 Å². The third-order valence-electron chi connectivity index (χ3n) is 2.49. The van der Waals surface area contributed by atoms with Gasteiger partial charge in [-0.05, 0) is 19.0 Å². The summed E-state index contributed by atoms with van der Waals surface area (Å²) < 4.78 is 24.9. The summed E-state index contributed by atoms with van der Waals surface area (Å²) in [5.74, 6) is 0.429. The van der Waals surface area contributed by atoms with E-state index in [0.717, 1.165) is 18.8 Å². The Morgan fingerprint density at radius 1 is 1.35 bits per heavy atom. The van der Waals surface area contributed by atoms with Crippen molar-refractivity contribution in [3.63, 3.8) is 0 Å². The molecule has 0 radical (unpaired) electrons. The van der Waals surface area contributed by atoms with E-state index in [1.54, 1.807) is 10.9 Å². The number of aryl methyl sites for hydroxylation is 1. The number of rotatable bonds is 8. The lowest BCUT2D eigenvalue weighted by atomic mass is 10.4. The lowest BCUT2D eigenvalue weighted by Crippen LogP contribution is -2.20. The molecule has 1 rings (SSSR count). The number of nitrogens with one attached hydrogen (secondary N) is 1. The molecule has 0 aliphatic heterocycles. The van der Waals surface area contributed by atoms with Gasteiger partial charge in [-0.15, -0.1) is 0 Å². The Morgan fingerprint density at radius 3 is 2.76 bits per heavy atom. The van der Waals surface area contributed by atoms with Crippen LogP contribution < -0.4 is 5.32 Å². The molecule has 0 spiro atoms. The van der Waals surface area contributed by atoms with E-state index in [1.807, 2.05) is 19.9 Å². The molecule has 0 bridgehead atoms. The molecule has 1 aromatic heterocycles. The molecule has 5 nitrogen and oxygen atoms in total. The van der Waals surface area contributed by atoms with Gasteiger partial charge in [-0.2, -0.15) is 5.10 Å². The Morgan fingerprint density at radius 2 is 2.12 bits per heavy atom. The molecule has 0 saturated heterocycles. The van der Waals surface area contributed by atoms with Crippen LogP contribution in [0.4, 0.5) is 0 Å². The summed E-state index contributed by atoms with van der Waals surface area (Å²) in [6, 6.07) is 1.91. The molecule has 0 aromatic carbocycles. The molecule has 1 aromatic rings. The molecule has 98 valence electrons. The van der Waals surface area contributed by atoms with Crippen LogP contribution in [0, 0.1) is 0 Å². The highest BCUT2D eigenvalue weighted by Gasteiger charge is 2.11. The lowest BCUT2D eigenvalue weighted by Gasteiger charge is -2.08. The van der Waals surface area contributed by atoms with E-state index in [0.29, 0.717) is 13.0 Å². The second kappa shape index (κ2) is 6.76. The van der Waals surface area contributed by atoms with Crippen molar-refractivity contribution in [3.05, 3.63) is 18.0 Å². The van der Waals surface area contributed by atoms with Gasteiger partial charge in [0.25, 0.3) is 0 Å². The van der Waals surface area contributed by atoms with E-state index in [-0.39, 0.29) is 11.5 Å². The fourth-order valence-electron chi connectivity index (χ4n) is 1.60. The van der Waals surface area contributed by atoms with Crippen LogP contribution in [-0.4, -0.2) is 36.2 Å². The Balaban J connectivity index is 2.54. The van der Waals surface area contributed by atoms with Gasteiger partial charge in [0, 0.05) is 18.5 Å². The van der Waals surface area contributed by atoms with Crippen molar-refractivity contribution >= 4 is 9.84 Å². The zero-order valence-corrected chi connectivity index (χ0v) is 11.3. The van der Waals surface area contributed by atoms with E-state index >= 15 is 0 Å². The molecule has 1 heterocycles. The summed E-state index contributed by atoms with van der Waals surface area (Å²) in [6.45, 7) is 5.97. The average molecular weight is 259 g/mol. The number of aromatic nitrogens is 2. The Hall–Kier alpha value is -0.880. The van der Waals surface area contributed by atoms with Crippen LogP contribution >= 0.6 is 0 Å². The maximum absolute atomic E-state index is 11.6. The van der Waals surface area contributed by atoms with Gasteiger partial charge in [-0.1, -0.05) is 13.8 Å². The van der Waals surface area contributed by atoms with Crippen molar-refractivity contribution in [2.45, 2.75) is 33.4 Å². The van der Waals surface area contributed by atoms with Crippen LogP contribution in [0.1, 0.15) is 26.0 Å². The standard InChI is InChI=1S/C11H21N3O2S/c1-3-8-17(15,16)9-7-14-11(5-6-13-14)10-12-4-2/h5-6,12H,3-4,7-10H2,1-2H3. The van der Waals surface area contributed by atoms with Crippen molar-refractivity contribution in [1.29, 1.82) is 0 Å². The van der Waals surface area contributed by atoms with Gasteiger partial charge < -0.3 is 5.32 Å². The third-order valence-corrected chi connectivity index (χ3v) is 4.32. The molecular weight excluding hydrogens is 238 g/mol. The Labute approximate surface area is 103 Å². The van der Waals surface area contributed by atoms with E-state index in [1.165, 1.54) is 0 Å². The second-order valence-corrected chi connectivity index (χ2v) is 6.28. The van der Waals surface area contributed by atoms with Gasteiger partial charge in [0.05, 0.1) is 18.0 Å². The maximum Gasteiger partial charge on any atom is 0.152 e. The predicted molar refractivity (Wildman–Crippen MR) is 68.6 cm³/mol. The van der Waals surface area contributed by atoms with E-state index in [2.05, 4.69) is 10.4 Å². The number of sulfone groups is 1. The van der Waals surface area contributed by atoms with Crippen molar-refractivity contribution in [2.75, 3.05) is 18.1 Å². The zero-order chi connectivity index (χ0) is 12.7. The summed E-state index contributed by atoms with van der Waals surface area (Å²) in [4.78, 5) is 0. The highest BCUT2D eigenvalue weighted by Crippen LogP contribution is 2.01. The minimum absolute atomic E-state index is 0.168. The molecule has 17 heavy (non-hydrogen) atoms. The molecule has 0 atom stereocenters. The molecule has 0 amide bonds. The highest BCUT2D eigenvalue weighted by atomic mass is 32.2. The number of nitrogens with zero attached hydrogens (tertiary/aromatic N) is 2. The first kappa shape index (κ1) is 14.2. The van der Waals surface area contributed by atoms with Crippen molar-refractivity contribution in [3.8, 4) is 0 Å². The summed E-state index contributed by atoms with van der Waals surface area (Å²) in [7, 11) is -2.93. The molecular formula is C11H21N3O2S. The first-order chi connectivity index (χ1) is 8.09. The van der Waals surface area contributed by atoms with Crippen molar-refractivity contribution in [1.82, 2.24) is 15.1 Å². The molecule has 0 unspecified atom stereocenters. The SMILES string of the molecule is CCCS(=O)(=O)CCn1nccc1CNCC. The fourth-order valence-corrected chi connectivity index (χ4v) is 2.88. The molecule has 0 fully saturated rings. The zero-order valence-electron chi connectivity index (χ0n) is 10.5. The normalized spacial score (nSPS) is 11.9. The van der Waals surface area contributed by atoms with Gasteiger partial charge in [0.2, 0.25) is 0 Å². The van der Waals surface area contributed by atoms with Gasteiger partial charge in [-0.25, -0.2) is 8.42 Å². The second-order valence-electron chi connectivity index (χ2n) is 3.98. The topological polar surface area (TPSA) is 64.0 Å². The Kier molecular flexibility index (Phi) is 5.64. The van der Waals surface area contributed by atoms with Crippen molar-refractivity contribution in [2.24, 2.45) is 0 Å².